The van der Waals surface area contributed by atoms with Gasteiger partial charge >= 0.3 is 6.36 Å². The van der Waals surface area contributed by atoms with Crippen molar-refractivity contribution in [2.45, 2.75) is 6.36 Å². The SMILES string of the molecule is COc1cc(OC)c(C#N)c(OC(F)(F)F)n1. The summed E-state index contributed by atoms with van der Waals surface area (Å²) in [6, 6.07) is 2.70. The smallest absolute Gasteiger partial charge is 0.495 e. The van der Waals surface area contributed by atoms with Gasteiger partial charge in [-0.3, -0.25) is 0 Å². The molecular weight excluding hydrogens is 241 g/mol. The summed E-state index contributed by atoms with van der Waals surface area (Å²) in [4.78, 5) is 3.39. The number of methoxy groups -OCH3 is 2. The van der Waals surface area contributed by atoms with E-state index in [9.17, 15) is 13.2 Å². The van der Waals surface area contributed by atoms with Gasteiger partial charge in [-0.25, -0.2) is 0 Å². The molecule has 0 saturated heterocycles. The van der Waals surface area contributed by atoms with Crippen LogP contribution in [0.3, 0.4) is 0 Å². The standard InChI is InChI=1S/C9H7F3N2O3/c1-15-6-3-7(16-2)14-8(5(6)4-13)17-9(10,11)12/h3H,1-2H3. The van der Waals surface area contributed by atoms with Crippen LogP contribution in [0.15, 0.2) is 6.07 Å². The number of alkyl halides is 3. The largest absolute Gasteiger partial charge is 0.574 e. The summed E-state index contributed by atoms with van der Waals surface area (Å²) in [6.45, 7) is 0. The Kier molecular flexibility index (Phi) is 3.62. The summed E-state index contributed by atoms with van der Waals surface area (Å²) in [5, 5.41) is 8.73. The van der Waals surface area contributed by atoms with Crippen LogP contribution in [0.2, 0.25) is 0 Å². The number of hydrogen-bond acceptors (Lipinski definition) is 5. The van der Waals surface area contributed by atoms with Gasteiger partial charge in [0.2, 0.25) is 11.8 Å². The summed E-state index contributed by atoms with van der Waals surface area (Å²) >= 11 is 0. The molecular formula is C9H7F3N2O3. The predicted molar refractivity (Wildman–Crippen MR) is 48.7 cm³/mol. The third-order valence-electron chi connectivity index (χ3n) is 1.68. The second kappa shape index (κ2) is 4.78. The molecule has 0 saturated carbocycles. The maximum absolute atomic E-state index is 12.1. The van der Waals surface area contributed by atoms with Gasteiger partial charge in [0.05, 0.1) is 14.2 Å². The van der Waals surface area contributed by atoms with E-state index in [4.69, 9.17) is 10.00 Å². The molecule has 0 bridgehead atoms. The van der Waals surface area contributed by atoms with Crippen molar-refractivity contribution in [3.05, 3.63) is 11.6 Å². The van der Waals surface area contributed by atoms with Gasteiger partial charge in [-0.2, -0.15) is 10.2 Å². The maximum Gasteiger partial charge on any atom is 0.574 e. The average Bonchev–Trinajstić information content (AvgIpc) is 2.25. The second-order valence-electron chi connectivity index (χ2n) is 2.71. The molecule has 0 aliphatic heterocycles. The van der Waals surface area contributed by atoms with Crippen molar-refractivity contribution < 1.29 is 27.4 Å². The van der Waals surface area contributed by atoms with Crippen LogP contribution in [0.5, 0.6) is 17.5 Å². The van der Waals surface area contributed by atoms with Gasteiger partial charge < -0.3 is 14.2 Å². The highest BCUT2D eigenvalue weighted by Gasteiger charge is 2.34. The van der Waals surface area contributed by atoms with Gasteiger partial charge in [-0.1, -0.05) is 0 Å². The molecule has 1 heterocycles. The molecule has 5 nitrogen and oxygen atoms in total. The Morgan fingerprint density at radius 2 is 1.94 bits per heavy atom. The minimum atomic E-state index is -4.95. The number of hydrogen-bond donors (Lipinski definition) is 0. The first kappa shape index (κ1) is 12.9. The minimum absolute atomic E-state index is 0.112. The fourth-order valence-electron chi connectivity index (χ4n) is 1.03. The summed E-state index contributed by atoms with van der Waals surface area (Å²) in [5.41, 5.74) is -0.453. The molecule has 0 fully saturated rings. The zero-order valence-electron chi connectivity index (χ0n) is 8.83. The molecule has 0 amide bonds. The molecule has 1 aromatic heterocycles. The highest BCUT2D eigenvalue weighted by atomic mass is 19.4. The summed E-state index contributed by atoms with van der Waals surface area (Å²) in [7, 11) is 2.41. The number of ether oxygens (including phenoxy) is 3. The molecule has 92 valence electrons. The van der Waals surface area contributed by atoms with E-state index in [1.54, 1.807) is 0 Å². The van der Waals surface area contributed by atoms with Crippen molar-refractivity contribution in [3.8, 4) is 23.6 Å². The van der Waals surface area contributed by atoms with Crippen molar-refractivity contribution in [1.29, 1.82) is 5.26 Å². The highest BCUT2D eigenvalue weighted by molar-refractivity contribution is 5.51. The van der Waals surface area contributed by atoms with Crippen LogP contribution in [0, 0.1) is 11.3 Å². The van der Waals surface area contributed by atoms with E-state index in [1.807, 2.05) is 0 Å². The molecule has 0 aliphatic carbocycles. The molecule has 0 N–H and O–H groups in total. The Balaban J connectivity index is 3.31. The van der Waals surface area contributed by atoms with Gasteiger partial charge in [0.1, 0.15) is 11.8 Å². The molecule has 0 spiro atoms. The van der Waals surface area contributed by atoms with Gasteiger partial charge in [-0.05, 0) is 0 Å². The van der Waals surface area contributed by atoms with Crippen LogP contribution in [-0.2, 0) is 0 Å². The monoisotopic (exact) mass is 248 g/mol. The first-order valence-electron chi connectivity index (χ1n) is 4.20. The van der Waals surface area contributed by atoms with Crippen molar-refractivity contribution in [2.75, 3.05) is 14.2 Å². The molecule has 1 rings (SSSR count). The fraction of sp³-hybridized carbons (Fsp3) is 0.333. The molecule has 8 heteroatoms. The van der Waals surface area contributed by atoms with Crippen molar-refractivity contribution >= 4 is 0 Å². The van der Waals surface area contributed by atoms with Crippen LogP contribution in [0.25, 0.3) is 0 Å². The lowest BCUT2D eigenvalue weighted by Crippen LogP contribution is -2.19. The van der Waals surface area contributed by atoms with Crippen LogP contribution < -0.4 is 14.2 Å². The van der Waals surface area contributed by atoms with Gasteiger partial charge in [0.25, 0.3) is 0 Å². The van der Waals surface area contributed by atoms with E-state index < -0.39 is 17.8 Å². The molecule has 0 aromatic carbocycles. The summed E-state index contributed by atoms with van der Waals surface area (Å²) in [5.74, 6) is -1.17. The van der Waals surface area contributed by atoms with Crippen molar-refractivity contribution in [2.24, 2.45) is 0 Å². The second-order valence-corrected chi connectivity index (χ2v) is 2.71. The van der Waals surface area contributed by atoms with E-state index in [1.165, 1.54) is 26.4 Å². The number of nitrogens with zero attached hydrogens (tertiary/aromatic N) is 2. The number of halogens is 3. The first-order chi connectivity index (χ1) is 7.91. The fourth-order valence-corrected chi connectivity index (χ4v) is 1.03. The lowest BCUT2D eigenvalue weighted by atomic mass is 10.2. The van der Waals surface area contributed by atoms with Crippen LogP contribution in [0.1, 0.15) is 5.56 Å². The molecule has 0 atom stereocenters. The Hall–Kier alpha value is -2.17. The van der Waals surface area contributed by atoms with E-state index in [0.29, 0.717) is 0 Å². The average molecular weight is 248 g/mol. The Morgan fingerprint density at radius 1 is 1.29 bits per heavy atom. The number of pyridine rings is 1. The lowest BCUT2D eigenvalue weighted by molar-refractivity contribution is -0.276. The summed E-state index contributed by atoms with van der Waals surface area (Å²) < 4.78 is 49.2. The topological polar surface area (TPSA) is 64.4 Å². The molecule has 0 unspecified atom stereocenters. The highest BCUT2D eigenvalue weighted by Crippen LogP contribution is 2.33. The van der Waals surface area contributed by atoms with Crippen molar-refractivity contribution in [1.82, 2.24) is 4.98 Å². The van der Waals surface area contributed by atoms with Gasteiger partial charge in [-0.15, -0.1) is 13.2 Å². The Labute approximate surface area is 94.3 Å². The predicted octanol–water partition coefficient (Wildman–Crippen LogP) is 1.87. The van der Waals surface area contributed by atoms with E-state index in [-0.39, 0.29) is 11.6 Å². The lowest BCUT2D eigenvalue weighted by Gasteiger charge is -2.12. The first-order valence-corrected chi connectivity index (χ1v) is 4.20. The Morgan fingerprint density at radius 3 is 2.35 bits per heavy atom. The number of rotatable bonds is 3. The van der Waals surface area contributed by atoms with Gasteiger partial charge in [0.15, 0.2) is 5.56 Å². The third-order valence-corrected chi connectivity index (χ3v) is 1.68. The minimum Gasteiger partial charge on any atom is -0.495 e. The van der Waals surface area contributed by atoms with E-state index in [0.717, 1.165) is 0 Å². The maximum atomic E-state index is 12.1. The van der Waals surface area contributed by atoms with E-state index in [2.05, 4.69) is 14.5 Å². The Bertz CT molecular complexity index is 454. The molecule has 1 aromatic rings. The zero-order valence-corrected chi connectivity index (χ0v) is 8.83. The normalized spacial score (nSPS) is 10.6. The van der Waals surface area contributed by atoms with Crippen LogP contribution in [-0.4, -0.2) is 25.6 Å². The molecule has 0 radical (unpaired) electrons. The quantitative estimate of drug-likeness (QED) is 0.816. The molecule has 17 heavy (non-hydrogen) atoms. The summed E-state index contributed by atoms with van der Waals surface area (Å²) in [6.07, 6.45) is -4.95. The van der Waals surface area contributed by atoms with Crippen LogP contribution in [0.4, 0.5) is 13.2 Å². The van der Waals surface area contributed by atoms with Crippen LogP contribution >= 0.6 is 0 Å². The van der Waals surface area contributed by atoms with Gasteiger partial charge in [0, 0.05) is 6.07 Å². The van der Waals surface area contributed by atoms with E-state index >= 15 is 0 Å². The third kappa shape index (κ3) is 3.14. The zero-order chi connectivity index (χ0) is 13.1. The number of nitriles is 1. The molecule has 0 aliphatic rings. The van der Waals surface area contributed by atoms with Crippen molar-refractivity contribution in [3.63, 3.8) is 0 Å². The number of aromatic nitrogens is 1.